The van der Waals surface area contributed by atoms with E-state index in [2.05, 4.69) is 113 Å². The number of hydrogen-bond acceptors (Lipinski definition) is 13. The summed E-state index contributed by atoms with van der Waals surface area (Å²) in [5.74, 6) is 9.44. The number of fused-ring (bicyclic) bond motifs is 4. The van der Waals surface area contributed by atoms with Gasteiger partial charge in [0.05, 0.1) is 54.9 Å². The monoisotopic (exact) mass is 1410 g/mol. The van der Waals surface area contributed by atoms with Crippen molar-refractivity contribution in [3.05, 3.63) is 349 Å². The molecule has 106 heavy (non-hydrogen) atoms. The Morgan fingerprint density at radius 1 is 0.264 bits per heavy atom. The Hall–Kier alpha value is -12.0. The van der Waals surface area contributed by atoms with E-state index in [0.717, 1.165) is 84.9 Å². The van der Waals surface area contributed by atoms with Crippen molar-refractivity contribution in [2.24, 2.45) is 0 Å². The first-order chi connectivity index (χ1) is 51.5. The van der Waals surface area contributed by atoms with E-state index in [4.69, 9.17) is 37.9 Å². The number of phenols is 5. The molecular weight excluding hydrogens is 1330 g/mol. The van der Waals surface area contributed by atoms with Crippen molar-refractivity contribution in [1.29, 1.82) is 0 Å². The third kappa shape index (κ3) is 15.5. The molecule has 0 bridgehead atoms. The van der Waals surface area contributed by atoms with Crippen LogP contribution in [0, 0.1) is 34.6 Å². The van der Waals surface area contributed by atoms with E-state index < -0.39 is 0 Å². The summed E-state index contributed by atoms with van der Waals surface area (Å²) in [5, 5.41) is 48.7. The number of methoxy groups -OCH3 is 4. The molecule has 0 fully saturated rings. The molecule has 13 heteroatoms. The number of rotatable bonds is 12. The highest BCUT2D eigenvalue weighted by Crippen LogP contribution is 2.53. The summed E-state index contributed by atoms with van der Waals surface area (Å²) in [6, 6.07) is 83.4. The Morgan fingerprint density at radius 3 is 0.887 bits per heavy atom. The SMILES string of the molecule is COc1ccc(C2COc3c(ccc(C)c3C)C2c2ccc(OC)cc2)cc1.COc1ccc(C2c3ccc(C)c(C)c3OCC2c2ccc(O)cc2)cc1.COc1ccc(C2c3ccc(O)c(C)c3OCC2c2ccc(O)cc2)cc1.Oc1ccc(C2COc3cc(O)ccc3C2c2ccccc2)cc1. The van der Waals surface area contributed by atoms with Crippen LogP contribution in [0.15, 0.2) is 255 Å². The smallest absolute Gasteiger partial charge is 0.129 e. The number of ether oxygens (including phenoxy) is 8. The molecule has 8 unspecified atom stereocenters. The van der Waals surface area contributed by atoms with E-state index in [0.29, 0.717) is 26.4 Å². The minimum atomic E-state index is 0.0727. The van der Waals surface area contributed by atoms with Gasteiger partial charge in [-0.1, -0.05) is 152 Å². The molecule has 8 atom stereocenters. The first-order valence-corrected chi connectivity index (χ1v) is 35.8. The lowest BCUT2D eigenvalue weighted by Crippen LogP contribution is -2.26. The second-order valence-corrected chi connectivity index (χ2v) is 27.6. The molecule has 4 aliphatic rings. The van der Waals surface area contributed by atoms with Gasteiger partial charge in [0.2, 0.25) is 0 Å². The molecule has 13 nitrogen and oxygen atoms in total. The van der Waals surface area contributed by atoms with Gasteiger partial charge in [0, 0.05) is 81.2 Å². The first kappa shape index (κ1) is 72.4. The highest BCUT2D eigenvalue weighted by Gasteiger charge is 2.39. The molecule has 0 aliphatic carbocycles. The van der Waals surface area contributed by atoms with Crippen LogP contribution in [0.25, 0.3) is 0 Å². The summed E-state index contributed by atoms with van der Waals surface area (Å²) in [4.78, 5) is 0. The van der Waals surface area contributed by atoms with Gasteiger partial charge in [0.15, 0.2) is 0 Å². The number of benzene rings is 12. The summed E-state index contributed by atoms with van der Waals surface area (Å²) in [7, 11) is 6.74. The minimum Gasteiger partial charge on any atom is -0.508 e. The van der Waals surface area contributed by atoms with Crippen LogP contribution in [0.4, 0.5) is 0 Å². The summed E-state index contributed by atoms with van der Waals surface area (Å²) < 4.78 is 45.9. The Morgan fingerprint density at radius 2 is 0.538 bits per heavy atom. The fourth-order valence-electron chi connectivity index (χ4n) is 15.4. The molecular formula is C93H90O13. The van der Waals surface area contributed by atoms with Crippen LogP contribution in [-0.2, 0) is 0 Å². The molecule has 0 amide bonds. The maximum absolute atomic E-state index is 10.1. The molecule has 0 aromatic heterocycles. The lowest BCUT2D eigenvalue weighted by molar-refractivity contribution is 0.245. The normalized spacial score (nSPS) is 18.6. The standard InChI is InChI=1S/C25H26O3.C24H24O3.C23H22O4.C21H18O3/c1-16-5-14-22-24(19-8-12-21(27-4)13-9-19)23(15-28-25(22)17(16)2)18-6-10-20(26-3)11-7-18;1-15-4-13-21-23(18-7-11-20(26-3)12-8-18)22(14-27-24(21)16(15)2)17-5-9-19(25)10-6-17;1-14-21(25)12-11-19-22(16-5-9-18(26-2)10-6-16)20(13-27-23(14)19)15-3-7-17(24)8-4-15;22-16-8-6-14(7-9-16)19-13-24-20-12-17(23)10-11-18(20)21(19)15-4-2-1-3-5-15/h5-14,23-24H,15H2,1-4H3;4-13,22-23,25H,14H2,1-3H3;3-12,20,22,24-25H,13H2,1-2H3;1-12,19,21-23H,13H2. The number of hydrogen-bond donors (Lipinski definition) is 5. The van der Waals surface area contributed by atoms with E-state index in [1.165, 1.54) is 55.6 Å². The molecule has 540 valence electrons. The van der Waals surface area contributed by atoms with Crippen molar-refractivity contribution in [1.82, 2.24) is 0 Å². The zero-order valence-corrected chi connectivity index (χ0v) is 61.2. The van der Waals surface area contributed by atoms with E-state index in [9.17, 15) is 25.5 Å². The van der Waals surface area contributed by atoms with Gasteiger partial charge in [-0.2, -0.15) is 0 Å². The number of aromatic hydroxyl groups is 5. The lowest BCUT2D eigenvalue weighted by Gasteiger charge is -2.35. The Kier molecular flexibility index (Phi) is 22.1. The predicted octanol–water partition coefficient (Wildman–Crippen LogP) is 20.1. The first-order valence-electron chi connectivity index (χ1n) is 35.8. The Balaban J connectivity index is 0.000000125. The fourth-order valence-corrected chi connectivity index (χ4v) is 15.4. The molecule has 0 radical (unpaired) electrons. The second kappa shape index (κ2) is 32.4. The molecule has 0 saturated heterocycles. The largest absolute Gasteiger partial charge is 0.508 e. The van der Waals surface area contributed by atoms with Crippen molar-refractivity contribution >= 4 is 0 Å². The average molecular weight is 1420 g/mol. The van der Waals surface area contributed by atoms with Gasteiger partial charge in [-0.05, 0) is 198 Å². The average Bonchev–Trinajstić information content (AvgIpc) is 0.769. The highest BCUT2D eigenvalue weighted by molar-refractivity contribution is 5.59. The maximum Gasteiger partial charge on any atom is 0.129 e. The van der Waals surface area contributed by atoms with Crippen molar-refractivity contribution in [2.75, 3.05) is 54.9 Å². The van der Waals surface area contributed by atoms with Crippen molar-refractivity contribution in [2.45, 2.75) is 82.0 Å². The molecule has 12 aromatic rings. The number of aryl methyl sites for hydroxylation is 2. The zero-order chi connectivity index (χ0) is 74.1. The van der Waals surface area contributed by atoms with Gasteiger partial charge in [-0.15, -0.1) is 0 Å². The second-order valence-electron chi connectivity index (χ2n) is 27.6. The molecule has 5 N–H and O–H groups in total. The van der Waals surface area contributed by atoms with Gasteiger partial charge < -0.3 is 63.4 Å². The summed E-state index contributed by atoms with van der Waals surface area (Å²) in [6.45, 7) is 12.7. The quantitative estimate of drug-likeness (QED) is 0.0782. The van der Waals surface area contributed by atoms with Crippen LogP contribution in [-0.4, -0.2) is 80.4 Å². The maximum atomic E-state index is 10.1. The van der Waals surface area contributed by atoms with Crippen molar-refractivity contribution in [3.8, 4) is 74.7 Å². The lowest BCUT2D eigenvalue weighted by atomic mass is 9.75. The molecule has 0 spiro atoms. The van der Waals surface area contributed by atoms with Crippen LogP contribution in [0.5, 0.6) is 74.7 Å². The van der Waals surface area contributed by atoms with Gasteiger partial charge in [0.25, 0.3) is 0 Å². The third-order valence-corrected chi connectivity index (χ3v) is 21.5. The van der Waals surface area contributed by atoms with Crippen LogP contribution in [0.2, 0.25) is 0 Å². The van der Waals surface area contributed by atoms with Crippen LogP contribution >= 0.6 is 0 Å². The Bertz CT molecular complexity index is 4790. The van der Waals surface area contributed by atoms with Gasteiger partial charge in [0.1, 0.15) is 74.7 Å². The molecule has 4 aliphatic heterocycles. The van der Waals surface area contributed by atoms with E-state index in [1.54, 1.807) is 83.0 Å². The van der Waals surface area contributed by atoms with E-state index in [-0.39, 0.29) is 76.1 Å². The topological polar surface area (TPSA) is 175 Å². The van der Waals surface area contributed by atoms with Gasteiger partial charge in [-0.3, -0.25) is 0 Å². The van der Waals surface area contributed by atoms with Crippen molar-refractivity contribution in [3.63, 3.8) is 0 Å². The summed E-state index contributed by atoms with van der Waals surface area (Å²) in [5.41, 5.74) is 19.8. The van der Waals surface area contributed by atoms with Crippen LogP contribution < -0.4 is 37.9 Å². The molecule has 16 rings (SSSR count). The zero-order valence-electron chi connectivity index (χ0n) is 61.2. The number of phenolic OH excluding ortho intramolecular Hbond substituents is 5. The minimum absolute atomic E-state index is 0.0727. The van der Waals surface area contributed by atoms with Crippen molar-refractivity contribution < 1.29 is 63.4 Å². The summed E-state index contributed by atoms with van der Waals surface area (Å²) >= 11 is 0. The summed E-state index contributed by atoms with van der Waals surface area (Å²) in [6.07, 6.45) is 0. The molecule has 0 saturated carbocycles. The fraction of sp³-hybridized carbons (Fsp3) is 0.226. The highest BCUT2D eigenvalue weighted by atomic mass is 16.5. The van der Waals surface area contributed by atoms with Gasteiger partial charge >= 0.3 is 0 Å². The van der Waals surface area contributed by atoms with Crippen LogP contribution in [0.3, 0.4) is 0 Å². The molecule has 4 heterocycles. The Labute approximate surface area is 621 Å². The predicted molar refractivity (Wildman–Crippen MR) is 416 cm³/mol. The van der Waals surface area contributed by atoms with Gasteiger partial charge in [-0.25, -0.2) is 0 Å². The third-order valence-electron chi connectivity index (χ3n) is 21.5. The molecule has 12 aromatic carbocycles. The van der Waals surface area contributed by atoms with Crippen LogP contribution in [0.1, 0.15) is 142 Å². The van der Waals surface area contributed by atoms with E-state index in [1.807, 2.05) is 122 Å². The van der Waals surface area contributed by atoms with E-state index >= 15 is 0 Å².